The third-order valence-electron chi connectivity index (χ3n) is 2.19. The quantitative estimate of drug-likeness (QED) is 0.513. The maximum atomic E-state index is 5.26. The minimum absolute atomic E-state index is 0.139. The molecule has 0 amide bonds. The Morgan fingerprint density at radius 1 is 1.44 bits per heavy atom. The lowest BCUT2D eigenvalue weighted by molar-refractivity contribution is 1.04. The zero-order valence-corrected chi connectivity index (χ0v) is 11.4. The summed E-state index contributed by atoms with van der Waals surface area (Å²) in [6.07, 6.45) is 1.59. The molecular weight excluding hydrogens is 264 g/mol. The largest absolute Gasteiger partial charge is 0.375 e. The van der Waals surface area contributed by atoms with E-state index in [0.29, 0.717) is 0 Å². The van der Waals surface area contributed by atoms with Gasteiger partial charge in [0.05, 0.1) is 11.9 Å². The van der Waals surface area contributed by atoms with Crippen LogP contribution in [-0.2, 0) is 0 Å². The Balaban J connectivity index is 2.12. The highest BCUT2D eigenvalue weighted by molar-refractivity contribution is 7.80. The first-order valence-electron chi connectivity index (χ1n) is 5.26. The summed E-state index contributed by atoms with van der Waals surface area (Å²) in [4.78, 5) is 4.45. The monoisotopic (exact) mass is 276 g/mol. The SMILES string of the molecule is Cc1ccc(-c2nc(C=NNC(N)=S)cs2)cc1. The van der Waals surface area contributed by atoms with E-state index in [2.05, 4.69) is 58.9 Å². The van der Waals surface area contributed by atoms with Crippen LogP contribution in [0, 0.1) is 6.92 Å². The molecular formula is C12H12N4S2. The Kier molecular flexibility index (Phi) is 4.01. The van der Waals surface area contributed by atoms with Crippen LogP contribution in [0.4, 0.5) is 0 Å². The average Bonchev–Trinajstić information content (AvgIpc) is 2.78. The first-order chi connectivity index (χ1) is 8.65. The van der Waals surface area contributed by atoms with Crippen LogP contribution < -0.4 is 11.2 Å². The Labute approximate surface area is 115 Å². The summed E-state index contributed by atoms with van der Waals surface area (Å²) in [6, 6.07) is 8.25. The second kappa shape index (κ2) is 5.70. The van der Waals surface area contributed by atoms with Crippen LogP contribution in [0.2, 0.25) is 0 Å². The summed E-state index contributed by atoms with van der Waals surface area (Å²) >= 11 is 6.21. The number of hydrazone groups is 1. The lowest BCUT2D eigenvalue weighted by Crippen LogP contribution is -2.24. The second-order valence-electron chi connectivity index (χ2n) is 3.68. The normalized spacial score (nSPS) is 10.7. The van der Waals surface area contributed by atoms with Gasteiger partial charge in [-0.25, -0.2) is 4.98 Å². The Hall–Kier alpha value is -1.79. The Bertz CT molecular complexity index is 572. The highest BCUT2D eigenvalue weighted by Gasteiger charge is 2.02. The molecule has 1 heterocycles. The van der Waals surface area contributed by atoms with Crippen LogP contribution in [0.25, 0.3) is 10.6 Å². The number of rotatable bonds is 3. The summed E-state index contributed by atoms with van der Waals surface area (Å²) in [5, 5.41) is 6.90. The minimum Gasteiger partial charge on any atom is -0.375 e. The molecule has 0 bridgehead atoms. The minimum atomic E-state index is 0.139. The van der Waals surface area contributed by atoms with Crippen LogP contribution in [0.3, 0.4) is 0 Å². The average molecular weight is 276 g/mol. The number of nitrogens with one attached hydrogen (secondary N) is 1. The molecule has 1 aromatic carbocycles. The van der Waals surface area contributed by atoms with Gasteiger partial charge in [0.25, 0.3) is 0 Å². The predicted octanol–water partition coefficient (Wildman–Crippen LogP) is 2.29. The molecule has 1 aromatic heterocycles. The van der Waals surface area contributed by atoms with Crippen LogP contribution >= 0.6 is 23.6 Å². The van der Waals surface area contributed by atoms with E-state index in [1.54, 1.807) is 17.6 Å². The van der Waals surface area contributed by atoms with Crippen LogP contribution in [-0.4, -0.2) is 16.3 Å². The van der Waals surface area contributed by atoms with E-state index in [4.69, 9.17) is 5.73 Å². The molecule has 3 N–H and O–H groups in total. The topological polar surface area (TPSA) is 63.3 Å². The molecule has 6 heteroatoms. The van der Waals surface area contributed by atoms with Gasteiger partial charge in [-0.15, -0.1) is 11.3 Å². The zero-order chi connectivity index (χ0) is 13.0. The second-order valence-corrected chi connectivity index (χ2v) is 4.98. The van der Waals surface area contributed by atoms with Gasteiger partial charge in [0.2, 0.25) is 0 Å². The summed E-state index contributed by atoms with van der Waals surface area (Å²) < 4.78 is 0. The van der Waals surface area contributed by atoms with E-state index < -0.39 is 0 Å². The first kappa shape index (κ1) is 12.7. The van der Waals surface area contributed by atoms with Gasteiger partial charge in [-0.3, -0.25) is 5.43 Å². The first-order valence-corrected chi connectivity index (χ1v) is 6.55. The van der Waals surface area contributed by atoms with Gasteiger partial charge >= 0.3 is 0 Å². The summed E-state index contributed by atoms with van der Waals surface area (Å²) in [6.45, 7) is 2.06. The third-order valence-corrected chi connectivity index (χ3v) is 3.19. The number of hydrogen-bond donors (Lipinski definition) is 2. The number of nitrogens with zero attached hydrogens (tertiary/aromatic N) is 2. The molecule has 2 rings (SSSR count). The van der Waals surface area contributed by atoms with Gasteiger partial charge in [-0.2, -0.15) is 5.10 Å². The van der Waals surface area contributed by atoms with Crippen molar-refractivity contribution in [1.82, 2.24) is 10.4 Å². The number of benzene rings is 1. The van der Waals surface area contributed by atoms with Gasteiger partial charge in [0.1, 0.15) is 5.01 Å². The van der Waals surface area contributed by atoms with Gasteiger partial charge in [0, 0.05) is 10.9 Å². The molecule has 0 spiro atoms. The van der Waals surface area contributed by atoms with Crippen molar-refractivity contribution in [2.24, 2.45) is 10.8 Å². The molecule has 92 valence electrons. The van der Waals surface area contributed by atoms with Crippen LogP contribution in [0.5, 0.6) is 0 Å². The number of thiazole rings is 1. The van der Waals surface area contributed by atoms with Crippen molar-refractivity contribution in [3.05, 3.63) is 40.9 Å². The maximum absolute atomic E-state index is 5.26. The third kappa shape index (κ3) is 3.35. The molecule has 2 aromatic rings. The summed E-state index contributed by atoms with van der Waals surface area (Å²) in [7, 11) is 0. The number of aryl methyl sites for hydroxylation is 1. The standard InChI is InChI=1S/C12H12N4S2/c1-8-2-4-9(5-3-8)11-15-10(7-18-11)6-14-16-12(13)17/h2-7H,1H3,(H3,13,16,17). The van der Waals surface area contributed by atoms with E-state index in [0.717, 1.165) is 16.3 Å². The zero-order valence-electron chi connectivity index (χ0n) is 9.75. The van der Waals surface area contributed by atoms with Gasteiger partial charge in [0.15, 0.2) is 5.11 Å². The number of aromatic nitrogens is 1. The fourth-order valence-electron chi connectivity index (χ4n) is 1.34. The molecule has 0 atom stereocenters. The molecule has 0 fully saturated rings. The number of thiocarbonyl (C=S) groups is 1. The van der Waals surface area contributed by atoms with E-state index in [-0.39, 0.29) is 5.11 Å². The lowest BCUT2D eigenvalue weighted by atomic mass is 10.2. The van der Waals surface area contributed by atoms with E-state index in [1.165, 1.54) is 5.56 Å². The Morgan fingerprint density at radius 3 is 2.83 bits per heavy atom. The molecule has 0 aliphatic heterocycles. The number of hydrogen-bond acceptors (Lipinski definition) is 4. The molecule has 0 unspecified atom stereocenters. The van der Waals surface area contributed by atoms with E-state index in [1.807, 2.05) is 5.38 Å². The predicted molar refractivity (Wildman–Crippen MR) is 79.8 cm³/mol. The van der Waals surface area contributed by atoms with Gasteiger partial charge in [-0.05, 0) is 19.1 Å². The van der Waals surface area contributed by atoms with Crippen LogP contribution in [0.1, 0.15) is 11.3 Å². The molecule has 18 heavy (non-hydrogen) atoms. The maximum Gasteiger partial charge on any atom is 0.184 e. The van der Waals surface area contributed by atoms with Crippen molar-refractivity contribution < 1.29 is 0 Å². The summed E-state index contributed by atoms with van der Waals surface area (Å²) in [5.41, 5.74) is 10.9. The summed E-state index contributed by atoms with van der Waals surface area (Å²) in [5.74, 6) is 0. The number of nitrogens with two attached hydrogens (primary N) is 1. The molecule has 0 radical (unpaired) electrons. The van der Waals surface area contributed by atoms with Crippen molar-refractivity contribution in [3.8, 4) is 10.6 Å². The molecule has 0 aliphatic carbocycles. The highest BCUT2D eigenvalue weighted by Crippen LogP contribution is 2.23. The Morgan fingerprint density at radius 2 is 2.17 bits per heavy atom. The fraction of sp³-hybridized carbons (Fsp3) is 0.0833. The molecule has 0 aliphatic rings. The highest BCUT2D eigenvalue weighted by atomic mass is 32.1. The molecule has 4 nitrogen and oxygen atoms in total. The van der Waals surface area contributed by atoms with Crippen molar-refractivity contribution in [3.63, 3.8) is 0 Å². The van der Waals surface area contributed by atoms with E-state index in [9.17, 15) is 0 Å². The van der Waals surface area contributed by atoms with Crippen molar-refractivity contribution in [2.45, 2.75) is 6.92 Å². The van der Waals surface area contributed by atoms with Crippen molar-refractivity contribution in [1.29, 1.82) is 0 Å². The smallest absolute Gasteiger partial charge is 0.184 e. The van der Waals surface area contributed by atoms with Gasteiger partial charge in [-0.1, -0.05) is 29.8 Å². The van der Waals surface area contributed by atoms with Crippen molar-refractivity contribution >= 4 is 34.9 Å². The lowest BCUT2D eigenvalue weighted by Gasteiger charge is -1.96. The van der Waals surface area contributed by atoms with Crippen molar-refractivity contribution in [2.75, 3.05) is 0 Å². The van der Waals surface area contributed by atoms with Crippen LogP contribution in [0.15, 0.2) is 34.7 Å². The molecule has 0 saturated heterocycles. The van der Waals surface area contributed by atoms with E-state index >= 15 is 0 Å². The fourth-order valence-corrected chi connectivity index (χ4v) is 2.17. The van der Waals surface area contributed by atoms with Gasteiger partial charge < -0.3 is 5.73 Å². The molecule has 0 saturated carbocycles.